The summed E-state index contributed by atoms with van der Waals surface area (Å²) in [4.78, 5) is 10.0. The van der Waals surface area contributed by atoms with Gasteiger partial charge in [0.25, 0.3) is 0 Å². The highest BCUT2D eigenvalue weighted by Gasteiger charge is 2.03. The van der Waals surface area contributed by atoms with Crippen molar-refractivity contribution in [3.8, 4) is 0 Å². The van der Waals surface area contributed by atoms with Gasteiger partial charge >= 0.3 is 0 Å². The lowest BCUT2D eigenvalue weighted by molar-refractivity contribution is 1.11. The van der Waals surface area contributed by atoms with Crippen molar-refractivity contribution in [2.75, 3.05) is 24.3 Å². The van der Waals surface area contributed by atoms with Crippen LogP contribution in [0.3, 0.4) is 0 Å². The van der Waals surface area contributed by atoms with E-state index in [0.717, 1.165) is 5.69 Å². The number of halogens is 1. The summed E-state index contributed by atoms with van der Waals surface area (Å²) in [6.45, 7) is 2.08. The lowest BCUT2D eigenvalue weighted by Crippen LogP contribution is -2.10. The van der Waals surface area contributed by atoms with E-state index in [4.69, 9.17) is 11.6 Å². The zero-order valence-corrected chi connectivity index (χ0v) is 11.4. The Balaban J connectivity index is 2.27. The van der Waals surface area contributed by atoms with Crippen molar-refractivity contribution in [1.82, 2.24) is 9.97 Å². The zero-order valence-electron chi connectivity index (χ0n) is 10.6. The molecule has 2 rings (SSSR count). The van der Waals surface area contributed by atoms with Gasteiger partial charge in [-0.25, -0.2) is 9.97 Å². The number of nitrogens with one attached hydrogen (secondary N) is 1. The fourth-order valence-corrected chi connectivity index (χ4v) is 1.87. The molecule has 18 heavy (non-hydrogen) atoms. The first kappa shape index (κ1) is 12.6. The van der Waals surface area contributed by atoms with Gasteiger partial charge in [-0.1, -0.05) is 17.7 Å². The van der Waals surface area contributed by atoms with E-state index in [2.05, 4.69) is 39.2 Å². The van der Waals surface area contributed by atoms with Gasteiger partial charge in [0, 0.05) is 31.5 Å². The predicted molar refractivity (Wildman–Crippen MR) is 75.8 cm³/mol. The van der Waals surface area contributed by atoms with Crippen molar-refractivity contribution in [2.24, 2.45) is 0 Å². The molecular formula is C13H15ClN4. The summed E-state index contributed by atoms with van der Waals surface area (Å²) in [5, 5.41) is 3.63. The van der Waals surface area contributed by atoms with Crippen LogP contribution in [0.15, 0.2) is 30.6 Å². The minimum Gasteiger partial charge on any atom is -0.377 e. The zero-order chi connectivity index (χ0) is 13.1. The molecule has 0 unspecified atom stereocenters. The number of benzene rings is 1. The third-order valence-electron chi connectivity index (χ3n) is 2.60. The van der Waals surface area contributed by atoms with Crippen LogP contribution in [0.5, 0.6) is 0 Å². The molecule has 1 aromatic heterocycles. The first-order chi connectivity index (χ1) is 8.56. The van der Waals surface area contributed by atoms with Gasteiger partial charge in [-0.3, -0.25) is 0 Å². The van der Waals surface area contributed by atoms with Crippen LogP contribution in [0.1, 0.15) is 5.56 Å². The normalized spacial score (nSPS) is 10.2. The van der Waals surface area contributed by atoms with Crippen LogP contribution in [-0.2, 0) is 0 Å². The van der Waals surface area contributed by atoms with Crippen molar-refractivity contribution >= 4 is 28.8 Å². The lowest BCUT2D eigenvalue weighted by Gasteiger charge is -2.17. The van der Waals surface area contributed by atoms with E-state index in [1.165, 1.54) is 17.6 Å². The molecule has 2 aromatic rings. The Morgan fingerprint density at radius 1 is 1.17 bits per heavy atom. The summed E-state index contributed by atoms with van der Waals surface area (Å²) in [6.07, 6.45) is 1.44. The van der Waals surface area contributed by atoms with E-state index in [1.807, 2.05) is 20.2 Å². The molecule has 0 fully saturated rings. The van der Waals surface area contributed by atoms with Gasteiger partial charge in [0.05, 0.1) is 0 Å². The van der Waals surface area contributed by atoms with E-state index < -0.39 is 0 Å². The van der Waals surface area contributed by atoms with Crippen LogP contribution in [0.4, 0.5) is 17.2 Å². The van der Waals surface area contributed by atoms with Crippen LogP contribution in [0.2, 0.25) is 5.15 Å². The molecule has 5 heteroatoms. The van der Waals surface area contributed by atoms with Crippen LogP contribution in [-0.4, -0.2) is 24.1 Å². The van der Waals surface area contributed by atoms with Gasteiger partial charge in [0.2, 0.25) is 0 Å². The Kier molecular flexibility index (Phi) is 3.67. The van der Waals surface area contributed by atoms with E-state index in [1.54, 1.807) is 6.07 Å². The third kappa shape index (κ3) is 2.90. The first-order valence-electron chi connectivity index (χ1n) is 5.59. The molecule has 0 atom stereocenters. The average molecular weight is 263 g/mol. The topological polar surface area (TPSA) is 41.1 Å². The monoisotopic (exact) mass is 262 g/mol. The van der Waals surface area contributed by atoms with Crippen LogP contribution >= 0.6 is 11.6 Å². The molecule has 1 heterocycles. The standard InChI is InChI=1S/C13H15ClN4/c1-9-4-5-10(6-11(9)18(2)3)17-13-7-12(14)15-8-16-13/h4-8H,1-3H3,(H,15,16,17). The second kappa shape index (κ2) is 5.23. The number of aryl methyl sites for hydroxylation is 1. The molecule has 0 aliphatic rings. The molecule has 0 saturated heterocycles. The number of anilines is 3. The summed E-state index contributed by atoms with van der Waals surface area (Å²) >= 11 is 5.82. The summed E-state index contributed by atoms with van der Waals surface area (Å²) in [7, 11) is 4.04. The molecular weight excluding hydrogens is 248 g/mol. The second-order valence-electron chi connectivity index (χ2n) is 4.25. The summed E-state index contributed by atoms with van der Waals surface area (Å²) < 4.78 is 0. The van der Waals surface area contributed by atoms with Crippen molar-refractivity contribution in [2.45, 2.75) is 6.92 Å². The Bertz CT molecular complexity index is 554. The minimum absolute atomic E-state index is 0.424. The Morgan fingerprint density at radius 2 is 1.94 bits per heavy atom. The van der Waals surface area contributed by atoms with Gasteiger partial charge in [0.15, 0.2) is 0 Å². The van der Waals surface area contributed by atoms with E-state index in [-0.39, 0.29) is 0 Å². The summed E-state index contributed by atoms with van der Waals surface area (Å²) in [5.74, 6) is 0.684. The smallest absolute Gasteiger partial charge is 0.135 e. The van der Waals surface area contributed by atoms with Crippen LogP contribution in [0.25, 0.3) is 0 Å². The van der Waals surface area contributed by atoms with Gasteiger partial charge in [-0.05, 0) is 24.6 Å². The molecule has 1 aromatic carbocycles. The molecule has 0 amide bonds. The highest BCUT2D eigenvalue weighted by molar-refractivity contribution is 6.29. The van der Waals surface area contributed by atoms with Gasteiger partial charge in [-0.2, -0.15) is 0 Å². The molecule has 94 valence electrons. The third-order valence-corrected chi connectivity index (χ3v) is 2.80. The van der Waals surface area contributed by atoms with Crippen molar-refractivity contribution in [3.05, 3.63) is 41.3 Å². The predicted octanol–water partition coefficient (Wildman–Crippen LogP) is 3.25. The van der Waals surface area contributed by atoms with Gasteiger partial charge in [-0.15, -0.1) is 0 Å². The van der Waals surface area contributed by atoms with Gasteiger partial charge < -0.3 is 10.2 Å². The molecule has 0 saturated carbocycles. The molecule has 0 radical (unpaired) electrons. The first-order valence-corrected chi connectivity index (χ1v) is 5.96. The summed E-state index contributed by atoms with van der Waals surface area (Å²) in [6, 6.07) is 7.85. The van der Waals surface area contributed by atoms with Crippen molar-refractivity contribution in [1.29, 1.82) is 0 Å². The summed E-state index contributed by atoms with van der Waals surface area (Å²) in [5.41, 5.74) is 3.37. The van der Waals surface area contributed by atoms with Crippen molar-refractivity contribution < 1.29 is 0 Å². The van der Waals surface area contributed by atoms with E-state index >= 15 is 0 Å². The largest absolute Gasteiger partial charge is 0.377 e. The maximum Gasteiger partial charge on any atom is 0.135 e. The highest BCUT2D eigenvalue weighted by Crippen LogP contribution is 2.24. The molecule has 0 aliphatic heterocycles. The average Bonchev–Trinajstić information content (AvgIpc) is 2.31. The SMILES string of the molecule is Cc1ccc(Nc2cc(Cl)ncn2)cc1N(C)C. The van der Waals surface area contributed by atoms with Crippen LogP contribution in [0, 0.1) is 6.92 Å². The molecule has 0 aliphatic carbocycles. The van der Waals surface area contributed by atoms with Crippen LogP contribution < -0.4 is 10.2 Å². The lowest BCUT2D eigenvalue weighted by atomic mass is 10.1. The Hall–Kier alpha value is -1.81. The number of hydrogen-bond acceptors (Lipinski definition) is 4. The second-order valence-corrected chi connectivity index (χ2v) is 4.63. The number of aromatic nitrogens is 2. The molecule has 4 nitrogen and oxygen atoms in total. The Morgan fingerprint density at radius 3 is 2.61 bits per heavy atom. The number of nitrogens with zero attached hydrogens (tertiary/aromatic N) is 3. The van der Waals surface area contributed by atoms with E-state index in [0.29, 0.717) is 11.0 Å². The number of rotatable bonds is 3. The maximum atomic E-state index is 5.82. The quantitative estimate of drug-likeness (QED) is 0.862. The molecule has 0 bridgehead atoms. The Labute approximate surface area is 112 Å². The maximum absolute atomic E-state index is 5.82. The van der Waals surface area contributed by atoms with Gasteiger partial charge in [0.1, 0.15) is 17.3 Å². The molecule has 0 spiro atoms. The fraction of sp³-hybridized carbons (Fsp3) is 0.231. The minimum atomic E-state index is 0.424. The molecule has 1 N–H and O–H groups in total. The van der Waals surface area contributed by atoms with E-state index in [9.17, 15) is 0 Å². The highest BCUT2D eigenvalue weighted by atomic mass is 35.5. The van der Waals surface area contributed by atoms with Crippen molar-refractivity contribution in [3.63, 3.8) is 0 Å². The number of hydrogen-bond donors (Lipinski definition) is 1. The fourth-order valence-electron chi connectivity index (χ4n) is 1.72.